The van der Waals surface area contributed by atoms with Gasteiger partial charge in [-0.25, -0.2) is 0 Å². The van der Waals surface area contributed by atoms with E-state index < -0.39 is 0 Å². The van der Waals surface area contributed by atoms with Gasteiger partial charge in [0.05, 0.1) is 6.61 Å². The zero-order valence-electron chi connectivity index (χ0n) is 9.58. The fourth-order valence-electron chi connectivity index (χ4n) is 2.23. The third-order valence-corrected chi connectivity index (χ3v) is 3.19. The highest BCUT2D eigenvalue weighted by atomic mass is 16.5. The zero-order valence-corrected chi connectivity index (χ0v) is 9.58. The van der Waals surface area contributed by atoms with Crippen LogP contribution in [0.4, 0.5) is 0 Å². The molecule has 2 aliphatic heterocycles. The van der Waals surface area contributed by atoms with Gasteiger partial charge in [0.15, 0.2) is 0 Å². The van der Waals surface area contributed by atoms with E-state index in [1.165, 1.54) is 0 Å². The second kappa shape index (κ2) is 4.10. The fourth-order valence-corrected chi connectivity index (χ4v) is 2.23. The SMILES string of the molecule is CC1(C)CCN(C(=O)C2CNCCO2)C1. The number of likely N-dealkylation sites (tertiary alicyclic amines) is 1. The second-order valence-corrected chi connectivity index (χ2v) is 5.24. The van der Waals surface area contributed by atoms with Crippen molar-refractivity contribution in [2.24, 2.45) is 5.41 Å². The van der Waals surface area contributed by atoms with Crippen molar-refractivity contribution in [1.29, 1.82) is 0 Å². The smallest absolute Gasteiger partial charge is 0.253 e. The van der Waals surface area contributed by atoms with Crippen LogP contribution in [0.2, 0.25) is 0 Å². The van der Waals surface area contributed by atoms with E-state index in [9.17, 15) is 4.79 Å². The van der Waals surface area contributed by atoms with E-state index in [0.29, 0.717) is 13.2 Å². The predicted octanol–water partition coefficient (Wildman–Crippen LogP) is 0.233. The number of nitrogens with zero attached hydrogens (tertiary/aromatic N) is 1. The van der Waals surface area contributed by atoms with Gasteiger partial charge in [-0.3, -0.25) is 4.79 Å². The van der Waals surface area contributed by atoms with Crippen molar-refractivity contribution in [2.45, 2.75) is 26.4 Å². The van der Waals surface area contributed by atoms with Gasteiger partial charge in [-0.1, -0.05) is 13.8 Å². The van der Waals surface area contributed by atoms with Crippen molar-refractivity contribution >= 4 is 5.91 Å². The van der Waals surface area contributed by atoms with Crippen molar-refractivity contribution in [2.75, 3.05) is 32.8 Å². The molecule has 0 aromatic carbocycles. The minimum atomic E-state index is -0.257. The summed E-state index contributed by atoms with van der Waals surface area (Å²) >= 11 is 0. The molecule has 0 saturated carbocycles. The number of hydrogen-bond donors (Lipinski definition) is 1. The summed E-state index contributed by atoms with van der Waals surface area (Å²) < 4.78 is 5.47. The van der Waals surface area contributed by atoms with Crippen LogP contribution in [0.25, 0.3) is 0 Å². The Morgan fingerprint density at radius 3 is 2.87 bits per heavy atom. The van der Waals surface area contributed by atoms with Crippen molar-refractivity contribution in [1.82, 2.24) is 10.2 Å². The van der Waals surface area contributed by atoms with E-state index in [1.54, 1.807) is 0 Å². The molecule has 4 nitrogen and oxygen atoms in total. The topological polar surface area (TPSA) is 41.6 Å². The first-order valence-electron chi connectivity index (χ1n) is 5.70. The molecule has 0 radical (unpaired) electrons. The Balaban J connectivity index is 1.90. The molecular weight excluding hydrogens is 192 g/mol. The van der Waals surface area contributed by atoms with E-state index in [0.717, 1.165) is 26.1 Å². The molecule has 15 heavy (non-hydrogen) atoms. The molecule has 1 amide bonds. The van der Waals surface area contributed by atoms with Gasteiger partial charge >= 0.3 is 0 Å². The fraction of sp³-hybridized carbons (Fsp3) is 0.909. The monoisotopic (exact) mass is 212 g/mol. The van der Waals surface area contributed by atoms with Crippen LogP contribution in [-0.2, 0) is 9.53 Å². The standard InChI is InChI=1S/C11H20N2O2/c1-11(2)3-5-13(8-11)10(14)9-7-12-4-6-15-9/h9,12H,3-8H2,1-2H3. The Kier molecular flexibility index (Phi) is 2.98. The second-order valence-electron chi connectivity index (χ2n) is 5.24. The molecule has 1 atom stereocenters. The van der Waals surface area contributed by atoms with Crippen LogP contribution in [0.15, 0.2) is 0 Å². The summed E-state index contributed by atoms with van der Waals surface area (Å²) in [6, 6.07) is 0. The summed E-state index contributed by atoms with van der Waals surface area (Å²) in [7, 11) is 0. The van der Waals surface area contributed by atoms with Crippen LogP contribution < -0.4 is 5.32 Å². The molecule has 0 aliphatic carbocycles. The summed E-state index contributed by atoms with van der Waals surface area (Å²) in [5.74, 6) is 0.160. The molecule has 4 heteroatoms. The molecule has 2 rings (SSSR count). The van der Waals surface area contributed by atoms with Gasteiger partial charge in [0.1, 0.15) is 6.10 Å². The van der Waals surface area contributed by atoms with Crippen LogP contribution in [-0.4, -0.2) is 49.7 Å². The molecule has 0 aromatic rings. The van der Waals surface area contributed by atoms with Gasteiger partial charge < -0.3 is 15.0 Å². The summed E-state index contributed by atoms with van der Waals surface area (Å²) in [5.41, 5.74) is 0.276. The van der Waals surface area contributed by atoms with Crippen molar-refractivity contribution in [3.05, 3.63) is 0 Å². The minimum absolute atomic E-state index is 0.160. The molecule has 86 valence electrons. The van der Waals surface area contributed by atoms with Crippen LogP contribution in [0.5, 0.6) is 0 Å². The lowest BCUT2D eigenvalue weighted by Gasteiger charge is -2.28. The molecule has 1 N–H and O–H groups in total. The normalized spacial score (nSPS) is 30.5. The van der Waals surface area contributed by atoms with E-state index in [-0.39, 0.29) is 17.4 Å². The molecule has 2 aliphatic rings. The summed E-state index contributed by atoms with van der Waals surface area (Å²) in [5, 5.41) is 3.19. The number of carbonyl (C=O) groups excluding carboxylic acids is 1. The molecule has 0 spiro atoms. The van der Waals surface area contributed by atoms with Gasteiger partial charge in [0.25, 0.3) is 5.91 Å². The first-order chi connectivity index (χ1) is 7.08. The highest BCUT2D eigenvalue weighted by Crippen LogP contribution is 2.29. The first-order valence-corrected chi connectivity index (χ1v) is 5.70. The lowest BCUT2D eigenvalue weighted by atomic mass is 9.93. The third kappa shape index (κ3) is 2.49. The average molecular weight is 212 g/mol. The number of hydrogen-bond acceptors (Lipinski definition) is 3. The van der Waals surface area contributed by atoms with Gasteiger partial charge in [-0.15, -0.1) is 0 Å². The van der Waals surface area contributed by atoms with Crippen molar-refractivity contribution < 1.29 is 9.53 Å². The predicted molar refractivity (Wildman–Crippen MR) is 57.6 cm³/mol. The number of rotatable bonds is 1. The Bertz CT molecular complexity index is 247. The lowest BCUT2D eigenvalue weighted by Crippen LogP contribution is -2.49. The van der Waals surface area contributed by atoms with Crippen LogP contribution >= 0.6 is 0 Å². The van der Waals surface area contributed by atoms with Crippen LogP contribution in [0.1, 0.15) is 20.3 Å². The maximum Gasteiger partial charge on any atom is 0.253 e. The van der Waals surface area contributed by atoms with Gasteiger partial charge in [-0.2, -0.15) is 0 Å². The summed E-state index contributed by atoms with van der Waals surface area (Å²) in [6.07, 6.45) is 0.839. The Morgan fingerprint density at radius 2 is 2.33 bits per heavy atom. The molecule has 1 unspecified atom stereocenters. The molecule has 2 fully saturated rings. The molecule has 0 bridgehead atoms. The average Bonchev–Trinajstić information content (AvgIpc) is 2.59. The Labute approximate surface area is 91.0 Å². The third-order valence-electron chi connectivity index (χ3n) is 3.19. The molecule has 2 heterocycles. The maximum absolute atomic E-state index is 12.0. The zero-order chi connectivity index (χ0) is 10.9. The van der Waals surface area contributed by atoms with Gasteiger partial charge in [0, 0.05) is 26.2 Å². The summed E-state index contributed by atoms with van der Waals surface area (Å²) in [6.45, 7) is 8.33. The number of carbonyl (C=O) groups is 1. The van der Waals surface area contributed by atoms with Crippen molar-refractivity contribution in [3.8, 4) is 0 Å². The molecular formula is C11H20N2O2. The van der Waals surface area contributed by atoms with E-state index in [4.69, 9.17) is 4.74 Å². The first kappa shape index (κ1) is 10.9. The van der Waals surface area contributed by atoms with Crippen LogP contribution in [0, 0.1) is 5.41 Å². The number of nitrogens with one attached hydrogen (secondary N) is 1. The van der Waals surface area contributed by atoms with E-state index in [2.05, 4.69) is 19.2 Å². The maximum atomic E-state index is 12.0. The van der Waals surface area contributed by atoms with Crippen LogP contribution in [0.3, 0.4) is 0 Å². The largest absolute Gasteiger partial charge is 0.366 e. The van der Waals surface area contributed by atoms with Gasteiger partial charge in [-0.05, 0) is 11.8 Å². The minimum Gasteiger partial charge on any atom is -0.366 e. The highest BCUT2D eigenvalue weighted by molar-refractivity contribution is 5.81. The summed E-state index contributed by atoms with van der Waals surface area (Å²) in [4.78, 5) is 14.0. The number of ether oxygens (including phenoxy) is 1. The van der Waals surface area contributed by atoms with Crippen molar-refractivity contribution in [3.63, 3.8) is 0 Å². The Hall–Kier alpha value is -0.610. The number of morpholine rings is 1. The van der Waals surface area contributed by atoms with E-state index in [1.807, 2.05) is 4.90 Å². The Morgan fingerprint density at radius 1 is 1.53 bits per heavy atom. The molecule has 0 aromatic heterocycles. The number of amides is 1. The lowest BCUT2D eigenvalue weighted by molar-refractivity contribution is -0.144. The van der Waals surface area contributed by atoms with Gasteiger partial charge in [0.2, 0.25) is 0 Å². The highest BCUT2D eigenvalue weighted by Gasteiger charge is 2.35. The molecule has 2 saturated heterocycles. The quantitative estimate of drug-likeness (QED) is 0.676. The van der Waals surface area contributed by atoms with E-state index >= 15 is 0 Å².